The van der Waals surface area contributed by atoms with E-state index in [1.165, 1.54) is 21.9 Å². The summed E-state index contributed by atoms with van der Waals surface area (Å²) in [7, 11) is -3.90. The second-order valence-electron chi connectivity index (χ2n) is 15.8. The van der Waals surface area contributed by atoms with Crippen LogP contribution in [0, 0.1) is 23.1 Å². The van der Waals surface area contributed by atoms with Crippen molar-refractivity contribution in [3.63, 3.8) is 0 Å². The molecule has 296 valence electrons. The molecule has 3 aliphatic heterocycles. The van der Waals surface area contributed by atoms with Crippen LogP contribution in [0.5, 0.6) is 0 Å². The fourth-order valence-corrected chi connectivity index (χ4v) is 9.76. The standard InChI is InChI=1S/C40H45F4N3O7S/c41-33-13-7-10-27-22-46(24-32(27)33)38(51)54-30-19-34-35(48)21-39(37(50)45-55(52,53)31-16-17-31)20-29(39)11-5-3-1-2-4-9-26(36(49)47(34)23-30)15-14-25-8-6-12-28(18-25)40(42,43)44/h5-8,10-13,18,26,29-31,34H,1-4,9,14-17,19-24H2,(H,45,50)/b11-5-/t26-,29-,30-,34+,39-/m1/s1. The number of nitrogens with zero attached hydrogens (tertiary/aromatic N) is 2. The molecule has 5 atom stereocenters. The van der Waals surface area contributed by atoms with E-state index in [-0.39, 0.29) is 57.7 Å². The Morgan fingerprint density at radius 3 is 2.53 bits per heavy atom. The predicted octanol–water partition coefficient (Wildman–Crippen LogP) is 6.61. The summed E-state index contributed by atoms with van der Waals surface area (Å²) in [6.45, 7) is -0.0151. The van der Waals surface area contributed by atoms with E-state index in [0.717, 1.165) is 25.0 Å². The van der Waals surface area contributed by atoms with Crippen LogP contribution in [0.15, 0.2) is 54.6 Å². The van der Waals surface area contributed by atoms with Gasteiger partial charge in [-0.2, -0.15) is 13.2 Å². The number of ketones is 1. The smallest absolute Gasteiger partial charge is 0.416 e. The first-order chi connectivity index (χ1) is 26.1. The highest BCUT2D eigenvalue weighted by atomic mass is 32.2. The monoisotopic (exact) mass is 787 g/mol. The van der Waals surface area contributed by atoms with Crippen molar-refractivity contribution in [2.75, 3.05) is 6.54 Å². The van der Waals surface area contributed by atoms with Gasteiger partial charge in [-0.25, -0.2) is 17.6 Å². The van der Waals surface area contributed by atoms with Gasteiger partial charge in [-0.1, -0.05) is 55.3 Å². The number of alkyl halides is 3. The minimum Gasteiger partial charge on any atom is -0.444 e. The Bertz CT molecular complexity index is 1980. The summed E-state index contributed by atoms with van der Waals surface area (Å²) in [5.74, 6) is -3.09. The zero-order valence-electron chi connectivity index (χ0n) is 30.4. The van der Waals surface area contributed by atoms with Crippen LogP contribution in [0.2, 0.25) is 0 Å². The molecular formula is C40H45F4N3O7S. The number of aryl methyl sites for hydroxylation is 1. The number of carbonyl (C=O) groups excluding carboxylic acids is 4. The Morgan fingerprint density at radius 1 is 1.00 bits per heavy atom. The number of fused-ring (bicyclic) bond motifs is 3. The average molecular weight is 788 g/mol. The van der Waals surface area contributed by atoms with Gasteiger partial charge in [0, 0.05) is 30.9 Å². The van der Waals surface area contributed by atoms with Crippen LogP contribution in [0.3, 0.4) is 0 Å². The summed E-state index contributed by atoms with van der Waals surface area (Å²) >= 11 is 0. The second-order valence-corrected chi connectivity index (χ2v) is 17.7. The summed E-state index contributed by atoms with van der Waals surface area (Å²) in [5, 5.41) is -0.648. The summed E-state index contributed by atoms with van der Waals surface area (Å²) < 4.78 is 88.6. The van der Waals surface area contributed by atoms with Crippen molar-refractivity contribution >= 4 is 33.7 Å². The number of sulfonamides is 1. The van der Waals surface area contributed by atoms with Gasteiger partial charge in [0.15, 0.2) is 5.78 Å². The number of halogens is 4. The fourth-order valence-electron chi connectivity index (χ4n) is 8.37. The van der Waals surface area contributed by atoms with Gasteiger partial charge in [0.25, 0.3) is 0 Å². The van der Waals surface area contributed by atoms with Crippen molar-refractivity contribution in [3.8, 4) is 0 Å². The number of allylic oxidation sites excluding steroid dienone is 2. The molecule has 7 rings (SSSR count). The minimum absolute atomic E-state index is 0.00746. The molecule has 3 heterocycles. The highest BCUT2D eigenvalue weighted by Crippen LogP contribution is 2.57. The highest BCUT2D eigenvalue weighted by molar-refractivity contribution is 7.90. The predicted molar refractivity (Wildman–Crippen MR) is 192 cm³/mol. The van der Waals surface area contributed by atoms with Crippen molar-refractivity contribution < 1.29 is 49.9 Å². The first-order valence-electron chi connectivity index (χ1n) is 19.1. The molecule has 1 saturated heterocycles. The molecule has 15 heteroatoms. The second kappa shape index (κ2) is 15.3. The number of benzene rings is 2. The van der Waals surface area contributed by atoms with Gasteiger partial charge in [-0.05, 0) is 80.5 Å². The van der Waals surface area contributed by atoms with E-state index in [1.54, 1.807) is 18.2 Å². The number of hydrogen-bond acceptors (Lipinski definition) is 7. The van der Waals surface area contributed by atoms with Crippen molar-refractivity contribution in [2.24, 2.45) is 17.3 Å². The zero-order chi connectivity index (χ0) is 39.1. The molecule has 55 heavy (non-hydrogen) atoms. The molecule has 2 aromatic carbocycles. The Morgan fingerprint density at radius 2 is 1.78 bits per heavy atom. The molecule has 0 spiro atoms. The molecule has 5 aliphatic rings. The molecule has 0 bridgehead atoms. The number of carbonyl (C=O) groups is 4. The van der Waals surface area contributed by atoms with Crippen LogP contribution >= 0.6 is 0 Å². The first-order valence-corrected chi connectivity index (χ1v) is 20.6. The molecule has 2 saturated carbocycles. The van der Waals surface area contributed by atoms with Crippen LogP contribution < -0.4 is 4.72 Å². The van der Waals surface area contributed by atoms with Gasteiger partial charge in [0.2, 0.25) is 21.8 Å². The molecule has 2 aromatic rings. The molecular weight excluding hydrogens is 743 g/mol. The Labute approximate surface area is 317 Å². The summed E-state index contributed by atoms with van der Waals surface area (Å²) in [6.07, 6.45) is 2.07. The summed E-state index contributed by atoms with van der Waals surface area (Å²) in [4.78, 5) is 58.8. The molecule has 1 N–H and O–H groups in total. The quantitative estimate of drug-likeness (QED) is 0.247. The molecule has 3 amide bonds. The van der Waals surface area contributed by atoms with Crippen molar-refractivity contribution in [2.45, 2.75) is 114 Å². The van der Waals surface area contributed by atoms with E-state index >= 15 is 0 Å². The van der Waals surface area contributed by atoms with E-state index < -0.39 is 80.0 Å². The number of nitrogens with one attached hydrogen (secondary N) is 1. The van der Waals surface area contributed by atoms with Gasteiger partial charge in [-0.3, -0.25) is 24.0 Å². The Balaban J connectivity index is 1.14. The Hall–Kier alpha value is -4.27. The van der Waals surface area contributed by atoms with Gasteiger partial charge in [0.1, 0.15) is 11.9 Å². The van der Waals surface area contributed by atoms with Gasteiger partial charge >= 0.3 is 12.3 Å². The lowest BCUT2D eigenvalue weighted by molar-refractivity contribution is -0.142. The highest BCUT2D eigenvalue weighted by Gasteiger charge is 2.61. The number of rotatable bonds is 7. The summed E-state index contributed by atoms with van der Waals surface area (Å²) in [5.41, 5.74) is -0.668. The third kappa shape index (κ3) is 8.61. The lowest BCUT2D eigenvalue weighted by atomic mass is 9.90. The molecule has 0 unspecified atom stereocenters. The molecule has 0 aromatic heterocycles. The van der Waals surface area contributed by atoms with Crippen LogP contribution in [-0.4, -0.2) is 65.8 Å². The number of Topliss-reactive ketones (excluding diaryl/α,β-unsaturated/α-hetero) is 1. The van der Waals surface area contributed by atoms with E-state index in [0.29, 0.717) is 48.8 Å². The first kappa shape index (κ1) is 39.0. The van der Waals surface area contributed by atoms with Crippen LogP contribution in [-0.2, 0) is 54.8 Å². The number of amides is 3. The lowest BCUT2D eigenvalue weighted by Gasteiger charge is -2.29. The largest absolute Gasteiger partial charge is 0.444 e. The van der Waals surface area contributed by atoms with Crippen molar-refractivity contribution in [1.29, 1.82) is 0 Å². The average Bonchev–Trinajstić information content (AvgIpc) is 4.02. The van der Waals surface area contributed by atoms with Crippen molar-refractivity contribution in [3.05, 3.63) is 82.7 Å². The van der Waals surface area contributed by atoms with E-state index in [2.05, 4.69) is 4.72 Å². The molecule has 3 fully saturated rings. The van der Waals surface area contributed by atoms with Gasteiger partial charge in [-0.15, -0.1) is 0 Å². The maximum Gasteiger partial charge on any atom is 0.416 e. The van der Waals surface area contributed by atoms with Gasteiger partial charge < -0.3 is 9.64 Å². The fraction of sp³-hybridized carbons (Fsp3) is 0.550. The van der Waals surface area contributed by atoms with E-state index in [4.69, 9.17) is 4.74 Å². The molecule has 10 nitrogen and oxygen atoms in total. The van der Waals surface area contributed by atoms with E-state index in [1.807, 2.05) is 12.2 Å². The van der Waals surface area contributed by atoms with E-state index in [9.17, 15) is 45.2 Å². The summed E-state index contributed by atoms with van der Waals surface area (Å²) in [6, 6.07) is 8.46. The third-order valence-electron chi connectivity index (χ3n) is 11.8. The number of hydrogen-bond donors (Lipinski definition) is 1. The zero-order valence-corrected chi connectivity index (χ0v) is 31.2. The normalized spacial score (nSPS) is 28.0. The maximum absolute atomic E-state index is 14.5. The van der Waals surface area contributed by atoms with Gasteiger partial charge in [0.05, 0.1) is 35.4 Å². The van der Waals surface area contributed by atoms with Crippen LogP contribution in [0.1, 0.15) is 92.9 Å². The lowest BCUT2D eigenvalue weighted by Crippen LogP contribution is -2.46. The van der Waals surface area contributed by atoms with Crippen LogP contribution in [0.4, 0.5) is 22.4 Å². The maximum atomic E-state index is 14.5. The number of ether oxygens (including phenoxy) is 1. The molecule has 2 aliphatic carbocycles. The minimum atomic E-state index is -4.53. The topological polar surface area (TPSA) is 130 Å². The third-order valence-corrected chi connectivity index (χ3v) is 13.6. The Kier molecular flexibility index (Phi) is 10.9. The van der Waals surface area contributed by atoms with Crippen LogP contribution in [0.25, 0.3) is 0 Å². The SMILES string of the molecule is O=C1C[C@]2(C(=O)NS(=O)(=O)C3CC3)C[C@H]2/C=C\CCCCC[C@H](CCc2cccc(C(F)(F)F)c2)C(=O)N2C[C@H](OC(=O)N3Cc4cccc(F)c4C3)C[C@@H]12. The van der Waals surface area contributed by atoms with Crippen molar-refractivity contribution in [1.82, 2.24) is 14.5 Å². The molecule has 0 radical (unpaired) electrons.